The summed E-state index contributed by atoms with van der Waals surface area (Å²) in [5.74, 6) is -7.49. The zero-order chi connectivity index (χ0) is 16.6. The van der Waals surface area contributed by atoms with E-state index in [0.29, 0.717) is 0 Å². The van der Waals surface area contributed by atoms with E-state index >= 15 is 0 Å². The van der Waals surface area contributed by atoms with Crippen molar-refractivity contribution < 1.29 is 34.4 Å². The molecule has 4 unspecified atom stereocenters. The molecular formula is C14H16FNO6. The van der Waals surface area contributed by atoms with Crippen molar-refractivity contribution in [2.75, 3.05) is 7.05 Å². The lowest BCUT2D eigenvalue weighted by Gasteiger charge is -2.45. The fourth-order valence-corrected chi connectivity index (χ4v) is 2.92. The van der Waals surface area contributed by atoms with Crippen molar-refractivity contribution in [2.45, 2.75) is 18.4 Å². The summed E-state index contributed by atoms with van der Waals surface area (Å²) >= 11 is 0. The maximum absolute atomic E-state index is 13.0. The van der Waals surface area contributed by atoms with E-state index in [9.17, 15) is 34.4 Å². The van der Waals surface area contributed by atoms with Crippen LogP contribution in [0.1, 0.15) is 11.5 Å². The van der Waals surface area contributed by atoms with Crippen LogP contribution in [0.5, 0.6) is 0 Å². The highest BCUT2D eigenvalue weighted by Crippen LogP contribution is 2.42. The van der Waals surface area contributed by atoms with Gasteiger partial charge in [0.2, 0.25) is 0 Å². The number of halogens is 1. The molecule has 120 valence electrons. The summed E-state index contributed by atoms with van der Waals surface area (Å²) in [7, 11) is 1.24. The van der Waals surface area contributed by atoms with E-state index in [0.717, 1.165) is 17.0 Å². The van der Waals surface area contributed by atoms with Gasteiger partial charge in [-0.3, -0.25) is 14.5 Å². The molecule has 0 amide bonds. The Bertz CT molecular complexity index is 549. The quantitative estimate of drug-likeness (QED) is 0.615. The smallest absolute Gasteiger partial charge is 0.311 e. The summed E-state index contributed by atoms with van der Waals surface area (Å²) in [5, 5.41) is 38.9. The Kier molecular flexibility index (Phi) is 4.45. The largest absolute Gasteiger partial charge is 0.481 e. The van der Waals surface area contributed by atoms with Crippen LogP contribution in [0.4, 0.5) is 4.39 Å². The van der Waals surface area contributed by atoms with Gasteiger partial charge in [-0.2, -0.15) is 0 Å². The summed E-state index contributed by atoms with van der Waals surface area (Å²) in [6.45, 7) is 0. The van der Waals surface area contributed by atoms with Gasteiger partial charge < -0.3 is 20.4 Å². The number of piperidine rings is 1. The lowest BCUT2D eigenvalue weighted by Crippen LogP contribution is -2.60. The first-order chi connectivity index (χ1) is 10.3. The fourth-order valence-electron chi connectivity index (χ4n) is 2.92. The number of likely N-dealkylation sites (tertiary alicyclic amines) is 1. The molecule has 0 saturated carbocycles. The molecule has 0 bridgehead atoms. The molecule has 1 fully saturated rings. The van der Waals surface area contributed by atoms with Crippen molar-refractivity contribution in [3.8, 4) is 0 Å². The van der Waals surface area contributed by atoms with Gasteiger partial charge in [-0.25, -0.2) is 4.39 Å². The summed E-state index contributed by atoms with van der Waals surface area (Å²) < 4.78 is 13.0. The SMILES string of the molecule is CN1C(O)C(C(=O)O)C(c2ccc(F)cc2)C(C(=O)O)C1O. The first-order valence-electron chi connectivity index (χ1n) is 6.55. The normalized spacial score (nSPS) is 32.6. The summed E-state index contributed by atoms with van der Waals surface area (Å²) in [4.78, 5) is 23.9. The van der Waals surface area contributed by atoms with Gasteiger partial charge in [0, 0.05) is 5.92 Å². The van der Waals surface area contributed by atoms with E-state index in [-0.39, 0.29) is 5.56 Å². The predicted octanol–water partition coefficient (Wildman–Crippen LogP) is -0.107. The Balaban J connectivity index is 2.56. The molecule has 0 aliphatic carbocycles. The summed E-state index contributed by atoms with van der Waals surface area (Å²) in [5.41, 5.74) is 0.229. The molecule has 0 radical (unpaired) electrons. The number of carboxylic acid groups (broad SMARTS) is 2. The maximum atomic E-state index is 13.0. The van der Waals surface area contributed by atoms with Crippen LogP contribution in [0, 0.1) is 17.7 Å². The second kappa shape index (κ2) is 5.99. The number of carboxylic acids is 2. The number of benzene rings is 1. The minimum atomic E-state index is -1.57. The number of aliphatic hydroxyl groups excluding tert-OH is 2. The predicted molar refractivity (Wildman–Crippen MR) is 71.2 cm³/mol. The maximum Gasteiger partial charge on any atom is 0.311 e. The molecule has 7 nitrogen and oxygen atoms in total. The minimum absolute atomic E-state index is 0.229. The van der Waals surface area contributed by atoms with Crippen LogP contribution in [0.25, 0.3) is 0 Å². The van der Waals surface area contributed by atoms with Crippen molar-refractivity contribution in [2.24, 2.45) is 11.8 Å². The Morgan fingerprint density at radius 2 is 1.41 bits per heavy atom. The molecule has 0 aromatic heterocycles. The van der Waals surface area contributed by atoms with Crippen LogP contribution in [0.2, 0.25) is 0 Å². The second-order valence-corrected chi connectivity index (χ2v) is 5.30. The van der Waals surface area contributed by atoms with Crippen molar-refractivity contribution in [1.29, 1.82) is 0 Å². The second-order valence-electron chi connectivity index (χ2n) is 5.30. The van der Waals surface area contributed by atoms with E-state index in [1.165, 1.54) is 19.2 Å². The molecule has 22 heavy (non-hydrogen) atoms. The van der Waals surface area contributed by atoms with Gasteiger partial charge in [0.25, 0.3) is 0 Å². The Morgan fingerprint density at radius 1 is 1.00 bits per heavy atom. The van der Waals surface area contributed by atoms with Crippen LogP contribution in [0.3, 0.4) is 0 Å². The first kappa shape index (κ1) is 16.3. The van der Waals surface area contributed by atoms with Crippen LogP contribution in [0.15, 0.2) is 24.3 Å². The van der Waals surface area contributed by atoms with Gasteiger partial charge in [-0.1, -0.05) is 12.1 Å². The highest BCUT2D eigenvalue weighted by molar-refractivity contribution is 5.77. The van der Waals surface area contributed by atoms with Crippen LogP contribution in [-0.2, 0) is 9.59 Å². The number of hydrogen-bond acceptors (Lipinski definition) is 5. The van der Waals surface area contributed by atoms with E-state index in [1.54, 1.807) is 0 Å². The molecule has 1 aromatic rings. The third-order valence-electron chi connectivity index (χ3n) is 4.08. The van der Waals surface area contributed by atoms with Crippen LogP contribution < -0.4 is 0 Å². The number of rotatable bonds is 3. The molecule has 1 aliphatic rings. The number of hydrogen-bond donors (Lipinski definition) is 4. The van der Waals surface area contributed by atoms with Gasteiger partial charge in [-0.15, -0.1) is 0 Å². The van der Waals surface area contributed by atoms with Crippen molar-refractivity contribution >= 4 is 11.9 Å². The van der Waals surface area contributed by atoms with E-state index in [2.05, 4.69) is 0 Å². The molecule has 2 rings (SSSR count). The molecule has 1 saturated heterocycles. The summed E-state index contributed by atoms with van der Waals surface area (Å²) in [6, 6.07) is 4.67. The Labute approximate surface area is 125 Å². The molecule has 4 N–H and O–H groups in total. The number of aliphatic hydroxyl groups is 2. The van der Waals surface area contributed by atoms with Crippen molar-refractivity contribution in [3.63, 3.8) is 0 Å². The number of nitrogens with zero attached hydrogens (tertiary/aromatic N) is 1. The minimum Gasteiger partial charge on any atom is -0.481 e. The van der Waals surface area contributed by atoms with Gasteiger partial charge in [0.15, 0.2) is 0 Å². The van der Waals surface area contributed by atoms with Crippen molar-refractivity contribution in [1.82, 2.24) is 4.90 Å². The van der Waals surface area contributed by atoms with Crippen LogP contribution >= 0.6 is 0 Å². The third kappa shape index (κ3) is 2.68. The van der Waals surface area contributed by atoms with E-state index in [4.69, 9.17) is 0 Å². The molecule has 8 heteroatoms. The van der Waals surface area contributed by atoms with Gasteiger partial charge in [0.1, 0.15) is 30.1 Å². The molecule has 0 spiro atoms. The highest BCUT2D eigenvalue weighted by Gasteiger charge is 2.53. The van der Waals surface area contributed by atoms with E-state index < -0.39 is 48.0 Å². The first-order valence-corrected chi connectivity index (χ1v) is 6.55. The standard InChI is InChI=1S/C14H16FNO6/c1-16-11(17)9(13(19)20)8(10(12(16)18)14(21)22)6-2-4-7(15)5-3-6/h2-5,8-12,17-18H,1H3,(H,19,20)(H,21,22). The zero-order valence-corrected chi connectivity index (χ0v) is 11.6. The number of carbonyl (C=O) groups is 2. The molecular weight excluding hydrogens is 297 g/mol. The fraction of sp³-hybridized carbons (Fsp3) is 0.429. The number of aliphatic carboxylic acids is 2. The molecule has 1 heterocycles. The third-order valence-corrected chi connectivity index (χ3v) is 4.08. The average Bonchev–Trinajstić information content (AvgIpc) is 2.44. The van der Waals surface area contributed by atoms with Crippen LogP contribution in [-0.4, -0.2) is 56.8 Å². The Morgan fingerprint density at radius 3 is 1.77 bits per heavy atom. The van der Waals surface area contributed by atoms with Gasteiger partial charge >= 0.3 is 11.9 Å². The highest BCUT2D eigenvalue weighted by atomic mass is 19.1. The lowest BCUT2D eigenvalue weighted by atomic mass is 9.71. The van der Waals surface area contributed by atoms with Gasteiger partial charge in [0.05, 0.1) is 0 Å². The zero-order valence-electron chi connectivity index (χ0n) is 11.6. The molecule has 1 aromatic carbocycles. The Hall–Kier alpha value is -2.03. The lowest BCUT2D eigenvalue weighted by molar-refractivity contribution is -0.201. The molecule has 1 aliphatic heterocycles. The van der Waals surface area contributed by atoms with Gasteiger partial charge in [-0.05, 0) is 24.7 Å². The summed E-state index contributed by atoms with van der Waals surface area (Å²) in [6.07, 6.45) is -3.14. The monoisotopic (exact) mass is 313 g/mol. The van der Waals surface area contributed by atoms with E-state index in [1.807, 2.05) is 0 Å². The topological polar surface area (TPSA) is 118 Å². The molecule has 4 atom stereocenters. The van der Waals surface area contributed by atoms with Crippen molar-refractivity contribution in [3.05, 3.63) is 35.6 Å². The average molecular weight is 313 g/mol.